The summed E-state index contributed by atoms with van der Waals surface area (Å²) >= 11 is 0. The number of nitrogens with one attached hydrogen (secondary N) is 1. The summed E-state index contributed by atoms with van der Waals surface area (Å²) < 4.78 is 0. The van der Waals surface area contributed by atoms with Gasteiger partial charge in [-0.15, -0.1) is 0 Å². The molecule has 4 nitrogen and oxygen atoms in total. The van der Waals surface area contributed by atoms with Gasteiger partial charge in [0.15, 0.2) is 0 Å². The van der Waals surface area contributed by atoms with Gasteiger partial charge in [-0.1, -0.05) is 30.4 Å². The lowest BCUT2D eigenvalue weighted by atomic mass is 9.76. The van der Waals surface area contributed by atoms with Crippen molar-refractivity contribution in [2.24, 2.45) is 17.8 Å². The number of carboxylic acids is 1. The predicted molar refractivity (Wildman–Crippen MR) is 81.8 cm³/mol. The molecule has 0 bridgehead atoms. The third kappa shape index (κ3) is 4.08. The Labute approximate surface area is 127 Å². The van der Waals surface area contributed by atoms with Crippen LogP contribution in [0.25, 0.3) is 0 Å². The van der Waals surface area contributed by atoms with Crippen molar-refractivity contribution in [1.82, 2.24) is 5.32 Å². The van der Waals surface area contributed by atoms with Gasteiger partial charge in [-0.05, 0) is 45.4 Å². The fourth-order valence-corrected chi connectivity index (χ4v) is 3.59. The predicted octanol–water partition coefficient (Wildman–Crippen LogP) is 3.13. The number of hydrogen-bond donors (Lipinski definition) is 2. The van der Waals surface area contributed by atoms with Crippen molar-refractivity contribution in [3.63, 3.8) is 0 Å². The molecule has 2 aliphatic rings. The summed E-state index contributed by atoms with van der Waals surface area (Å²) in [6.45, 7) is 4.69. The van der Waals surface area contributed by atoms with E-state index in [2.05, 4.69) is 5.32 Å². The van der Waals surface area contributed by atoms with Crippen molar-refractivity contribution in [2.75, 3.05) is 6.54 Å². The molecule has 2 rings (SSSR count). The van der Waals surface area contributed by atoms with E-state index in [1.54, 1.807) is 0 Å². The summed E-state index contributed by atoms with van der Waals surface area (Å²) in [6, 6.07) is 0. The molecule has 0 aromatic heterocycles. The zero-order valence-corrected chi connectivity index (χ0v) is 13.2. The molecule has 21 heavy (non-hydrogen) atoms. The maximum atomic E-state index is 12.4. The molecule has 0 unspecified atom stereocenters. The molecule has 0 heterocycles. The van der Waals surface area contributed by atoms with Crippen molar-refractivity contribution in [1.29, 1.82) is 0 Å². The smallest absolute Gasteiger partial charge is 0.307 e. The van der Waals surface area contributed by atoms with Gasteiger partial charge in [-0.2, -0.15) is 0 Å². The van der Waals surface area contributed by atoms with Crippen LogP contribution in [0.1, 0.15) is 58.8 Å². The van der Waals surface area contributed by atoms with E-state index in [0.29, 0.717) is 25.3 Å². The monoisotopic (exact) mass is 293 g/mol. The van der Waals surface area contributed by atoms with E-state index < -0.39 is 17.8 Å². The van der Waals surface area contributed by atoms with Gasteiger partial charge in [0.1, 0.15) is 0 Å². The normalized spacial score (nSPS) is 27.5. The first-order valence-electron chi connectivity index (χ1n) is 8.14. The third-order valence-electron chi connectivity index (χ3n) is 5.21. The number of carbonyl (C=O) groups excluding carboxylic acids is 1. The van der Waals surface area contributed by atoms with Crippen molar-refractivity contribution >= 4 is 11.9 Å². The molecule has 0 aromatic rings. The highest BCUT2D eigenvalue weighted by molar-refractivity contribution is 5.85. The van der Waals surface area contributed by atoms with E-state index in [4.69, 9.17) is 0 Å². The lowest BCUT2D eigenvalue weighted by molar-refractivity contribution is -0.147. The largest absolute Gasteiger partial charge is 0.481 e. The molecule has 0 radical (unpaired) electrons. The molecule has 0 aliphatic heterocycles. The van der Waals surface area contributed by atoms with Gasteiger partial charge in [0.25, 0.3) is 0 Å². The molecule has 118 valence electrons. The first kappa shape index (κ1) is 16.1. The fourth-order valence-electron chi connectivity index (χ4n) is 3.59. The fraction of sp³-hybridized carbons (Fsp3) is 0.765. The summed E-state index contributed by atoms with van der Waals surface area (Å²) in [5.41, 5.74) is 2.30. The van der Waals surface area contributed by atoms with Gasteiger partial charge in [0.2, 0.25) is 5.91 Å². The van der Waals surface area contributed by atoms with Crippen molar-refractivity contribution < 1.29 is 14.7 Å². The van der Waals surface area contributed by atoms with E-state index in [9.17, 15) is 14.7 Å². The van der Waals surface area contributed by atoms with Crippen LogP contribution >= 0.6 is 0 Å². The highest BCUT2D eigenvalue weighted by Gasteiger charge is 2.37. The minimum absolute atomic E-state index is 0.0696. The van der Waals surface area contributed by atoms with Gasteiger partial charge in [0, 0.05) is 6.54 Å². The van der Waals surface area contributed by atoms with E-state index in [1.165, 1.54) is 37.7 Å². The molecular formula is C17H27NO3. The number of amides is 1. The first-order valence-corrected chi connectivity index (χ1v) is 8.14. The topological polar surface area (TPSA) is 66.4 Å². The minimum Gasteiger partial charge on any atom is -0.481 e. The van der Waals surface area contributed by atoms with E-state index in [0.717, 1.165) is 5.57 Å². The number of rotatable bonds is 4. The van der Waals surface area contributed by atoms with Crippen LogP contribution in [0, 0.1) is 17.8 Å². The second kappa shape index (κ2) is 7.10. The van der Waals surface area contributed by atoms with Crippen LogP contribution in [0.2, 0.25) is 0 Å². The van der Waals surface area contributed by atoms with Gasteiger partial charge in [-0.3, -0.25) is 9.59 Å². The van der Waals surface area contributed by atoms with Crippen LogP contribution in [-0.4, -0.2) is 23.5 Å². The average molecular weight is 293 g/mol. The number of carboxylic acid groups (broad SMARTS) is 1. The maximum absolute atomic E-state index is 12.4. The molecule has 2 N–H and O–H groups in total. The first-order chi connectivity index (χ1) is 9.99. The Morgan fingerprint density at radius 1 is 1.05 bits per heavy atom. The summed E-state index contributed by atoms with van der Waals surface area (Å²) in [5, 5.41) is 12.4. The highest BCUT2D eigenvalue weighted by atomic mass is 16.4. The molecular weight excluding hydrogens is 266 g/mol. The van der Waals surface area contributed by atoms with Gasteiger partial charge in [0.05, 0.1) is 11.8 Å². The Morgan fingerprint density at radius 2 is 1.62 bits per heavy atom. The van der Waals surface area contributed by atoms with Crippen LogP contribution in [0.3, 0.4) is 0 Å². The standard InChI is InChI=1S/C17H27NO3/c1-11-8-14(15(17(20)21)9-12(11)2)16(19)18-10-13-6-4-3-5-7-13/h13-15H,3-10H2,1-2H3,(H,18,19)(H,20,21)/t14-,15-/m0/s1. The maximum Gasteiger partial charge on any atom is 0.307 e. The third-order valence-corrected chi connectivity index (χ3v) is 5.21. The lowest BCUT2D eigenvalue weighted by Gasteiger charge is -2.30. The Hall–Kier alpha value is -1.32. The molecule has 0 saturated heterocycles. The van der Waals surface area contributed by atoms with Crippen molar-refractivity contribution in [3.05, 3.63) is 11.1 Å². The lowest BCUT2D eigenvalue weighted by Crippen LogP contribution is -2.41. The average Bonchev–Trinajstić information content (AvgIpc) is 2.48. The summed E-state index contributed by atoms with van der Waals surface area (Å²) in [4.78, 5) is 23.8. The number of aliphatic carboxylic acids is 1. The number of carbonyl (C=O) groups is 2. The Morgan fingerprint density at radius 3 is 2.19 bits per heavy atom. The van der Waals surface area contributed by atoms with Crippen LogP contribution in [0.15, 0.2) is 11.1 Å². The Balaban J connectivity index is 1.94. The highest BCUT2D eigenvalue weighted by Crippen LogP contribution is 2.34. The van der Waals surface area contributed by atoms with Gasteiger partial charge >= 0.3 is 5.97 Å². The van der Waals surface area contributed by atoms with Crippen LogP contribution in [-0.2, 0) is 9.59 Å². The Kier molecular flexibility index (Phi) is 5.43. The van der Waals surface area contributed by atoms with Crippen molar-refractivity contribution in [2.45, 2.75) is 58.8 Å². The van der Waals surface area contributed by atoms with E-state index >= 15 is 0 Å². The van der Waals surface area contributed by atoms with Crippen LogP contribution < -0.4 is 5.32 Å². The molecule has 1 amide bonds. The molecule has 2 aliphatic carbocycles. The zero-order valence-electron chi connectivity index (χ0n) is 13.2. The van der Waals surface area contributed by atoms with Gasteiger partial charge < -0.3 is 10.4 Å². The molecule has 0 spiro atoms. The molecule has 1 fully saturated rings. The number of allylic oxidation sites excluding steroid dienone is 2. The van der Waals surface area contributed by atoms with Crippen LogP contribution in [0.5, 0.6) is 0 Å². The van der Waals surface area contributed by atoms with E-state index in [-0.39, 0.29) is 5.91 Å². The second-order valence-electron chi connectivity index (χ2n) is 6.77. The number of hydrogen-bond acceptors (Lipinski definition) is 2. The minimum atomic E-state index is -0.848. The SMILES string of the molecule is CC1=C(C)C[C@H](C(=O)NCC2CCCCC2)[C@@H](C(=O)O)C1. The molecule has 2 atom stereocenters. The summed E-state index contributed by atoms with van der Waals surface area (Å²) in [7, 11) is 0. The van der Waals surface area contributed by atoms with E-state index in [1.807, 2.05) is 13.8 Å². The van der Waals surface area contributed by atoms with Gasteiger partial charge in [-0.25, -0.2) is 0 Å². The molecule has 0 aromatic carbocycles. The molecule has 4 heteroatoms. The Bertz CT molecular complexity index is 435. The quantitative estimate of drug-likeness (QED) is 0.783. The molecule has 1 saturated carbocycles. The summed E-state index contributed by atoms with van der Waals surface area (Å²) in [6.07, 6.45) is 7.27. The zero-order chi connectivity index (χ0) is 15.4. The second-order valence-corrected chi connectivity index (χ2v) is 6.77. The summed E-state index contributed by atoms with van der Waals surface area (Å²) in [5.74, 6) is -1.32. The van der Waals surface area contributed by atoms with Crippen molar-refractivity contribution in [3.8, 4) is 0 Å². The van der Waals surface area contributed by atoms with Crippen LogP contribution in [0.4, 0.5) is 0 Å².